The summed E-state index contributed by atoms with van der Waals surface area (Å²) in [4.78, 5) is 0.321. The predicted octanol–water partition coefficient (Wildman–Crippen LogP) is 3.67. The van der Waals surface area contributed by atoms with Crippen LogP contribution < -0.4 is 15.2 Å². The van der Waals surface area contributed by atoms with Crippen LogP contribution in [0.2, 0.25) is 0 Å². The van der Waals surface area contributed by atoms with Gasteiger partial charge >= 0.3 is 0 Å². The highest BCUT2D eigenvalue weighted by Crippen LogP contribution is 2.22. The van der Waals surface area contributed by atoms with E-state index in [1.54, 1.807) is 7.11 Å². The van der Waals surface area contributed by atoms with E-state index in [0.717, 1.165) is 21.3 Å². The molecule has 0 atom stereocenters. The summed E-state index contributed by atoms with van der Waals surface area (Å²) in [5.41, 5.74) is 7.35. The second-order valence-corrected chi connectivity index (χ2v) is 5.50. The Morgan fingerprint density at radius 2 is 2.05 bits per heavy atom. The molecule has 2 N–H and O–H groups in total. The highest BCUT2D eigenvalue weighted by Gasteiger charge is 2.07. The normalized spacial score (nSPS) is 10.1. The van der Waals surface area contributed by atoms with Gasteiger partial charge in [-0.15, -0.1) is 0 Å². The van der Waals surface area contributed by atoms with E-state index >= 15 is 0 Å². The third-order valence-corrected chi connectivity index (χ3v) is 3.45. The van der Waals surface area contributed by atoms with Crippen LogP contribution in [0.25, 0.3) is 0 Å². The fourth-order valence-electron chi connectivity index (χ4n) is 1.75. The molecule has 0 unspecified atom stereocenters. The minimum Gasteiger partial charge on any atom is -0.496 e. The summed E-state index contributed by atoms with van der Waals surface area (Å²) in [6.45, 7) is 0.449. The second kappa shape index (κ2) is 6.72. The maximum atomic E-state index is 5.72. The van der Waals surface area contributed by atoms with Gasteiger partial charge in [0.15, 0.2) is 0 Å². The molecule has 2 aromatic carbocycles. The Balaban J connectivity index is 2.12. The molecule has 0 saturated heterocycles. The molecule has 20 heavy (non-hydrogen) atoms. The number of methoxy groups -OCH3 is 1. The maximum Gasteiger partial charge on any atom is 0.129 e. The maximum absolute atomic E-state index is 5.72. The van der Waals surface area contributed by atoms with Gasteiger partial charge in [0, 0.05) is 4.47 Å². The number of thiocarbonyl (C=S) groups is 1. The Hall–Kier alpha value is -1.59. The van der Waals surface area contributed by atoms with E-state index in [9.17, 15) is 0 Å². The number of hydrogen-bond acceptors (Lipinski definition) is 3. The van der Waals surface area contributed by atoms with Crippen LogP contribution in [0.4, 0.5) is 0 Å². The molecular weight excluding hydrogens is 338 g/mol. The van der Waals surface area contributed by atoms with Crippen molar-refractivity contribution in [1.29, 1.82) is 0 Å². The van der Waals surface area contributed by atoms with Gasteiger partial charge in [-0.05, 0) is 35.9 Å². The second-order valence-electron chi connectivity index (χ2n) is 4.14. The number of benzene rings is 2. The van der Waals surface area contributed by atoms with Gasteiger partial charge in [0.2, 0.25) is 0 Å². The molecule has 0 fully saturated rings. The Morgan fingerprint density at radius 1 is 1.25 bits per heavy atom. The van der Waals surface area contributed by atoms with Crippen LogP contribution in [0.5, 0.6) is 11.5 Å². The Labute approximate surface area is 131 Å². The lowest BCUT2D eigenvalue weighted by Crippen LogP contribution is -2.11. The van der Waals surface area contributed by atoms with Crippen molar-refractivity contribution in [1.82, 2.24) is 0 Å². The first-order valence-corrected chi connectivity index (χ1v) is 7.15. The molecule has 104 valence electrons. The van der Waals surface area contributed by atoms with Crippen LogP contribution in [0.15, 0.2) is 46.9 Å². The molecule has 0 aliphatic carbocycles. The van der Waals surface area contributed by atoms with Crippen LogP contribution in [-0.2, 0) is 6.61 Å². The van der Waals surface area contributed by atoms with Crippen molar-refractivity contribution in [3.05, 3.63) is 58.1 Å². The Morgan fingerprint density at radius 3 is 2.70 bits per heavy atom. The fourth-order valence-corrected chi connectivity index (χ4v) is 2.30. The summed E-state index contributed by atoms with van der Waals surface area (Å²) in [6.07, 6.45) is 0. The van der Waals surface area contributed by atoms with Gasteiger partial charge in [0.1, 0.15) is 23.1 Å². The largest absolute Gasteiger partial charge is 0.496 e. The summed E-state index contributed by atoms with van der Waals surface area (Å²) in [7, 11) is 1.59. The topological polar surface area (TPSA) is 44.5 Å². The van der Waals surface area contributed by atoms with Gasteiger partial charge in [-0.3, -0.25) is 0 Å². The average molecular weight is 352 g/mol. The van der Waals surface area contributed by atoms with Gasteiger partial charge in [0.05, 0.1) is 12.7 Å². The zero-order valence-corrected chi connectivity index (χ0v) is 13.3. The molecule has 0 aromatic heterocycles. The van der Waals surface area contributed by atoms with E-state index in [2.05, 4.69) is 15.9 Å². The quantitative estimate of drug-likeness (QED) is 0.834. The van der Waals surface area contributed by atoms with Crippen molar-refractivity contribution in [3.63, 3.8) is 0 Å². The predicted molar refractivity (Wildman–Crippen MR) is 87.4 cm³/mol. The highest BCUT2D eigenvalue weighted by atomic mass is 79.9. The smallest absolute Gasteiger partial charge is 0.129 e. The SMILES string of the molecule is COc1cc(COc2cccc(Br)c2)ccc1C(N)=S. The van der Waals surface area contributed by atoms with Gasteiger partial charge in [-0.25, -0.2) is 0 Å². The van der Waals surface area contributed by atoms with Crippen LogP contribution in [-0.4, -0.2) is 12.1 Å². The van der Waals surface area contributed by atoms with E-state index in [4.69, 9.17) is 27.4 Å². The van der Waals surface area contributed by atoms with Crippen LogP contribution >= 0.6 is 28.1 Å². The standard InChI is InChI=1S/C15H14BrNO2S/c1-18-14-7-10(5-6-13(14)15(17)20)9-19-12-4-2-3-11(16)8-12/h2-8H,9H2,1H3,(H2,17,20). The third-order valence-electron chi connectivity index (χ3n) is 2.73. The lowest BCUT2D eigenvalue weighted by Gasteiger charge is -2.11. The van der Waals surface area contributed by atoms with Crippen LogP contribution in [0.1, 0.15) is 11.1 Å². The molecular formula is C15H14BrNO2S. The van der Waals surface area contributed by atoms with Gasteiger partial charge in [-0.2, -0.15) is 0 Å². The molecule has 0 bridgehead atoms. The van der Waals surface area contributed by atoms with Gasteiger partial charge in [0.25, 0.3) is 0 Å². The minimum absolute atomic E-state index is 0.321. The monoisotopic (exact) mass is 351 g/mol. The summed E-state index contributed by atoms with van der Waals surface area (Å²) < 4.78 is 12.0. The van der Waals surface area contributed by atoms with E-state index < -0.39 is 0 Å². The zero-order chi connectivity index (χ0) is 14.5. The minimum atomic E-state index is 0.321. The van der Waals surface area contributed by atoms with Crippen molar-refractivity contribution >= 4 is 33.1 Å². The number of halogens is 1. The molecule has 0 amide bonds. The number of rotatable bonds is 5. The summed E-state index contributed by atoms with van der Waals surface area (Å²) >= 11 is 8.38. The molecule has 0 heterocycles. The van der Waals surface area contributed by atoms with Crippen molar-refractivity contribution in [3.8, 4) is 11.5 Å². The molecule has 2 aromatic rings. The molecule has 0 aliphatic heterocycles. The number of ether oxygens (including phenoxy) is 2. The lowest BCUT2D eigenvalue weighted by molar-refractivity contribution is 0.305. The molecule has 5 heteroatoms. The molecule has 0 saturated carbocycles. The van der Waals surface area contributed by atoms with E-state index in [1.165, 1.54) is 0 Å². The number of nitrogens with two attached hydrogens (primary N) is 1. The molecule has 3 nitrogen and oxygen atoms in total. The first-order chi connectivity index (χ1) is 9.60. The molecule has 2 rings (SSSR count). The van der Waals surface area contributed by atoms with Crippen molar-refractivity contribution in [2.24, 2.45) is 5.73 Å². The van der Waals surface area contributed by atoms with Crippen molar-refractivity contribution < 1.29 is 9.47 Å². The zero-order valence-electron chi connectivity index (χ0n) is 10.9. The summed E-state index contributed by atoms with van der Waals surface area (Å²) in [5.74, 6) is 1.46. The van der Waals surface area contributed by atoms with Gasteiger partial charge < -0.3 is 15.2 Å². The molecule has 0 spiro atoms. The first kappa shape index (κ1) is 14.8. The fraction of sp³-hybridized carbons (Fsp3) is 0.133. The third kappa shape index (κ3) is 3.71. The molecule has 0 aliphatic rings. The Bertz CT molecular complexity index is 631. The van der Waals surface area contributed by atoms with E-state index in [0.29, 0.717) is 17.3 Å². The summed E-state index contributed by atoms with van der Waals surface area (Å²) in [6, 6.07) is 13.4. The van der Waals surface area contributed by atoms with Crippen molar-refractivity contribution in [2.45, 2.75) is 6.61 Å². The average Bonchev–Trinajstić information content (AvgIpc) is 2.44. The Kier molecular flexibility index (Phi) is 4.98. The lowest BCUT2D eigenvalue weighted by atomic mass is 10.1. The first-order valence-electron chi connectivity index (χ1n) is 5.95. The summed E-state index contributed by atoms with van der Waals surface area (Å²) in [5, 5.41) is 0. The highest BCUT2D eigenvalue weighted by molar-refractivity contribution is 9.10. The van der Waals surface area contributed by atoms with Crippen LogP contribution in [0, 0.1) is 0 Å². The van der Waals surface area contributed by atoms with Crippen LogP contribution in [0.3, 0.4) is 0 Å². The molecule has 0 radical (unpaired) electrons. The van der Waals surface area contributed by atoms with Gasteiger partial charge in [-0.1, -0.05) is 40.3 Å². The number of hydrogen-bond donors (Lipinski definition) is 1. The van der Waals surface area contributed by atoms with E-state index in [-0.39, 0.29) is 0 Å². The van der Waals surface area contributed by atoms with Crippen molar-refractivity contribution in [2.75, 3.05) is 7.11 Å². The van der Waals surface area contributed by atoms with E-state index in [1.807, 2.05) is 42.5 Å².